The van der Waals surface area contributed by atoms with Gasteiger partial charge in [-0.15, -0.1) is 23.2 Å². The molecule has 3 heteroatoms. The molecule has 0 N–H and O–H groups in total. The highest BCUT2D eigenvalue weighted by Gasteiger charge is 2.26. The molecular formula is C15H12Cl2O. The second kappa shape index (κ2) is 6.03. The largest absolute Gasteiger partial charge is 0.292 e. The van der Waals surface area contributed by atoms with Crippen molar-refractivity contribution in [3.63, 3.8) is 0 Å². The first-order valence-corrected chi connectivity index (χ1v) is 6.50. The van der Waals surface area contributed by atoms with Crippen LogP contribution in [0.15, 0.2) is 60.7 Å². The van der Waals surface area contributed by atoms with Crippen LogP contribution in [0.2, 0.25) is 0 Å². The molecule has 2 atom stereocenters. The maximum absolute atomic E-state index is 12.1. The van der Waals surface area contributed by atoms with E-state index in [2.05, 4.69) is 0 Å². The number of rotatable bonds is 4. The number of ketones is 1. The van der Waals surface area contributed by atoms with Crippen LogP contribution < -0.4 is 0 Å². The minimum Gasteiger partial charge on any atom is -0.292 e. The van der Waals surface area contributed by atoms with E-state index in [1.54, 1.807) is 12.1 Å². The molecule has 2 rings (SSSR count). The summed E-state index contributed by atoms with van der Waals surface area (Å²) in [6, 6.07) is 18.3. The minimum atomic E-state index is -0.767. The van der Waals surface area contributed by atoms with Crippen LogP contribution in [0.5, 0.6) is 0 Å². The Morgan fingerprint density at radius 1 is 0.833 bits per heavy atom. The number of alkyl halides is 2. The van der Waals surface area contributed by atoms with E-state index in [4.69, 9.17) is 23.2 Å². The average Bonchev–Trinajstić information content (AvgIpc) is 2.47. The quantitative estimate of drug-likeness (QED) is 0.596. The van der Waals surface area contributed by atoms with Crippen LogP contribution in [0.25, 0.3) is 0 Å². The fourth-order valence-corrected chi connectivity index (χ4v) is 2.23. The molecule has 0 spiro atoms. The molecule has 0 unspecified atom stereocenters. The van der Waals surface area contributed by atoms with Crippen molar-refractivity contribution < 1.29 is 4.79 Å². The zero-order chi connectivity index (χ0) is 13.0. The maximum Gasteiger partial charge on any atom is 0.182 e. The Bertz CT molecular complexity index is 511. The van der Waals surface area contributed by atoms with Crippen molar-refractivity contribution in [1.82, 2.24) is 0 Å². The second-order valence-corrected chi connectivity index (χ2v) is 4.88. The van der Waals surface area contributed by atoms with Gasteiger partial charge in [-0.1, -0.05) is 60.7 Å². The van der Waals surface area contributed by atoms with Crippen LogP contribution >= 0.6 is 23.2 Å². The Kier molecular flexibility index (Phi) is 4.40. The lowest BCUT2D eigenvalue weighted by molar-refractivity contribution is 0.0985. The molecule has 0 saturated heterocycles. The molecule has 0 fully saturated rings. The van der Waals surface area contributed by atoms with Crippen LogP contribution in [0.1, 0.15) is 21.3 Å². The van der Waals surface area contributed by atoms with Crippen molar-refractivity contribution in [3.8, 4) is 0 Å². The Morgan fingerprint density at radius 2 is 1.33 bits per heavy atom. The summed E-state index contributed by atoms with van der Waals surface area (Å²) in [6.07, 6.45) is 0. The van der Waals surface area contributed by atoms with Crippen LogP contribution in [0.3, 0.4) is 0 Å². The highest BCUT2D eigenvalue weighted by molar-refractivity contribution is 6.39. The van der Waals surface area contributed by atoms with Gasteiger partial charge in [-0.25, -0.2) is 0 Å². The highest BCUT2D eigenvalue weighted by atomic mass is 35.5. The summed E-state index contributed by atoms with van der Waals surface area (Å²) in [5.41, 5.74) is 1.43. The number of halogens is 2. The van der Waals surface area contributed by atoms with E-state index < -0.39 is 10.8 Å². The zero-order valence-electron chi connectivity index (χ0n) is 9.59. The molecule has 0 aliphatic carbocycles. The Labute approximate surface area is 116 Å². The van der Waals surface area contributed by atoms with Crippen molar-refractivity contribution in [2.75, 3.05) is 0 Å². The second-order valence-electron chi connectivity index (χ2n) is 3.94. The van der Waals surface area contributed by atoms with Gasteiger partial charge < -0.3 is 0 Å². The van der Waals surface area contributed by atoms with Gasteiger partial charge in [0, 0.05) is 5.56 Å². The molecule has 0 aromatic heterocycles. The van der Waals surface area contributed by atoms with Gasteiger partial charge in [-0.2, -0.15) is 0 Å². The van der Waals surface area contributed by atoms with Gasteiger partial charge in [0.2, 0.25) is 0 Å². The van der Waals surface area contributed by atoms with Gasteiger partial charge in [-0.05, 0) is 5.56 Å². The number of carbonyl (C=O) groups excluding carboxylic acids is 1. The first-order chi connectivity index (χ1) is 8.70. The van der Waals surface area contributed by atoms with Gasteiger partial charge in [0.05, 0.1) is 5.38 Å². The van der Waals surface area contributed by atoms with Crippen molar-refractivity contribution in [2.45, 2.75) is 10.8 Å². The number of hydrogen-bond donors (Lipinski definition) is 0. The third-order valence-electron chi connectivity index (χ3n) is 2.68. The summed E-state index contributed by atoms with van der Waals surface area (Å²) in [6.45, 7) is 0. The molecule has 0 radical (unpaired) electrons. The zero-order valence-corrected chi connectivity index (χ0v) is 11.1. The van der Waals surface area contributed by atoms with Crippen LogP contribution in [0.4, 0.5) is 0 Å². The standard InChI is InChI=1S/C15H12Cl2O/c16-13(11-7-3-1-4-8-11)14(17)15(18)12-9-5-2-6-10-12/h1-10,13-14H/t13-,14-/m1/s1. The Balaban J connectivity index is 2.17. The lowest BCUT2D eigenvalue weighted by atomic mass is 10.0. The maximum atomic E-state index is 12.1. The van der Waals surface area contributed by atoms with Crippen LogP contribution in [-0.4, -0.2) is 11.2 Å². The summed E-state index contributed by atoms with van der Waals surface area (Å²) < 4.78 is 0. The summed E-state index contributed by atoms with van der Waals surface area (Å²) >= 11 is 12.4. The fourth-order valence-electron chi connectivity index (χ4n) is 1.70. The van der Waals surface area contributed by atoms with E-state index in [0.29, 0.717) is 5.56 Å². The van der Waals surface area contributed by atoms with Gasteiger partial charge in [0.15, 0.2) is 5.78 Å². The first-order valence-electron chi connectivity index (χ1n) is 5.62. The molecule has 18 heavy (non-hydrogen) atoms. The third-order valence-corrected chi connectivity index (χ3v) is 3.77. The molecule has 2 aromatic carbocycles. The number of hydrogen-bond acceptors (Lipinski definition) is 1. The lowest BCUT2D eigenvalue weighted by Gasteiger charge is -2.15. The molecule has 0 bridgehead atoms. The average molecular weight is 279 g/mol. The van der Waals surface area contributed by atoms with E-state index in [1.165, 1.54) is 0 Å². The van der Waals surface area contributed by atoms with Crippen molar-refractivity contribution in [1.29, 1.82) is 0 Å². The van der Waals surface area contributed by atoms with Crippen molar-refractivity contribution in [2.24, 2.45) is 0 Å². The Morgan fingerprint density at radius 3 is 1.89 bits per heavy atom. The van der Waals surface area contributed by atoms with E-state index >= 15 is 0 Å². The number of benzene rings is 2. The fraction of sp³-hybridized carbons (Fsp3) is 0.133. The van der Waals surface area contributed by atoms with E-state index in [1.807, 2.05) is 48.5 Å². The molecule has 0 saturated carbocycles. The van der Waals surface area contributed by atoms with Crippen LogP contribution in [-0.2, 0) is 0 Å². The predicted molar refractivity (Wildman–Crippen MR) is 75.4 cm³/mol. The summed E-state index contributed by atoms with van der Waals surface area (Å²) in [7, 11) is 0. The summed E-state index contributed by atoms with van der Waals surface area (Å²) in [5.74, 6) is -0.152. The van der Waals surface area contributed by atoms with Gasteiger partial charge in [0.25, 0.3) is 0 Å². The molecule has 1 nitrogen and oxygen atoms in total. The van der Waals surface area contributed by atoms with Gasteiger partial charge in [-0.3, -0.25) is 4.79 Å². The molecular weight excluding hydrogens is 267 g/mol. The number of Topliss-reactive ketones (excluding diaryl/α,β-unsaturated/α-hetero) is 1. The Hall–Kier alpha value is -1.31. The summed E-state index contributed by atoms with van der Waals surface area (Å²) in [4.78, 5) is 12.1. The first kappa shape index (κ1) is 13.1. The predicted octanol–water partition coefficient (Wildman–Crippen LogP) is 4.46. The molecule has 0 amide bonds. The van der Waals surface area contributed by atoms with Crippen LogP contribution in [0, 0.1) is 0 Å². The molecule has 2 aromatic rings. The molecule has 0 aliphatic heterocycles. The van der Waals surface area contributed by atoms with Crippen molar-refractivity contribution >= 4 is 29.0 Å². The normalized spacial score (nSPS) is 13.9. The monoisotopic (exact) mass is 278 g/mol. The van der Waals surface area contributed by atoms with E-state index in [0.717, 1.165) is 5.56 Å². The summed E-state index contributed by atoms with van der Waals surface area (Å²) in [5, 5.41) is -1.29. The third kappa shape index (κ3) is 2.92. The molecule has 0 aliphatic rings. The molecule has 0 heterocycles. The minimum absolute atomic E-state index is 0.152. The van der Waals surface area contributed by atoms with Gasteiger partial charge >= 0.3 is 0 Å². The van der Waals surface area contributed by atoms with E-state index in [9.17, 15) is 4.79 Å². The lowest BCUT2D eigenvalue weighted by Crippen LogP contribution is -2.19. The van der Waals surface area contributed by atoms with E-state index in [-0.39, 0.29) is 5.78 Å². The highest BCUT2D eigenvalue weighted by Crippen LogP contribution is 2.30. The number of carbonyl (C=O) groups is 1. The molecule has 92 valence electrons. The smallest absolute Gasteiger partial charge is 0.182 e. The van der Waals surface area contributed by atoms with Crippen molar-refractivity contribution in [3.05, 3.63) is 71.8 Å². The van der Waals surface area contributed by atoms with Gasteiger partial charge in [0.1, 0.15) is 5.38 Å². The topological polar surface area (TPSA) is 17.1 Å². The SMILES string of the molecule is O=C(c1ccccc1)[C@H](Cl)[C@H](Cl)c1ccccc1.